The van der Waals surface area contributed by atoms with Gasteiger partial charge in [0.25, 0.3) is 0 Å². The van der Waals surface area contributed by atoms with Gasteiger partial charge in [-0.3, -0.25) is 24.9 Å². The van der Waals surface area contributed by atoms with Gasteiger partial charge in [0, 0.05) is 66.4 Å². The molecule has 1 fully saturated rings. The molecule has 0 unspecified atom stereocenters. The second-order valence-corrected chi connectivity index (χ2v) is 11.8. The zero-order valence-corrected chi connectivity index (χ0v) is 31.0. The largest absolute Gasteiger partial charge is 0.353 e. The molecule has 1 saturated heterocycles. The third kappa shape index (κ3) is 21.3. The number of nitrogens with zero attached hydrogens (tertiary/aromatic N) is 7. The molecule has 6 rings (SSSR count). The van der Waals surface area contributed by atoms with Crippen LogP contribution in [0.2, 0.25) is 0 Å². The Labute approximate surface area is 288 Å². The number of pyridine rings is 3. The minimum Gasteiger partial charge on any atom is -0.353 e. The van der Waals surface area contributed by atoms with Crippen LogP contribution < -0.4 is 0 Å². The molecule has 0 atom stereocenters. The number of aromatic nitrogens is 7. The van der Waals surface area contributed by atoms with Crippen LogP contribution in [-0.4, -0.2) is 54.4 Å². The molecule has 0 bridgehead atoms. The first-order valence-corrected chi connectivity index (χ1v) is 16.2. The standard InChI is InChI=1S/3C7H9N.2C6H8N2.C6H12O2/c1-6-3-4-8-7(2)5-6;1-6-3-4-7(2)8-5-6;1-6-4-3-5-8-7(6)2;1-5-3-8-6(2)4-7-5;2*1-5-3-7-6(2)8-4-5/h3*3-5H,1-2H3;2*3-4H,1-2H3;5-6H,3-4H2,1-2H3. The fraction of sp³-hybridized carbons (Fsp3) is 0.410. The van der Waals surface area contributed by atoms with Gasteiger partial charge < -0.3 is 9.47 Å². The van der Waals surface area contributed by atoms with Crippen LogP contribution in [0.5, 0.6) is 0 Å². The van der Waals surface area contributed by atoms with E-state index in [1.54, 1.807) is 12.4 Å². The Bertz CT molecular complexity index is 1320. The van der Waals surface area contributed by atoms with E-state index in [1.807, 2.05) is 111 Å². The third-order valence-corrected chi connectivity index (χ3v) is 6.43. The van der Waals surface area contributed by atoms with E-state index in [2.05, 4.69) is 73.9 Å². The summed E-state index contributed by atoms with van der Waals surface area (Å²) in [6, 6.07) is 12.1. The van der Waals surface area contributed by atoms with E-state index in [9.17, 15) is 0 Å². The molecule has 0 amide bonds. The minimum atomic E-state index is 0.0196. The summed E-state index contributed by atoms with van der Waals surface area (Å²) in [6.07, 6.45) is 12.7. The lowest BCUT2D eigenvalue weighted by molar-refractivity contribution is -0.187. The van der Waals surface area contributed by atoms with E-state index in [4.69, 9.17) is 9.47 Å². The Kier molecular flexibility index (Phi) is 20.6. The zero-order chi connectivity index (χ0) is 35.9. The van der Waals surface area contributed by atoms with E-state index < -0.39 is 0 Å². The van der Waals surface area contributed by atoms with Gasteiger partial charge in [0.15, 0.2) is 6.29 Å². The van der Waals surface area contributed by atoms with Crippen LogP contribution in [0, 0.1) is 75.2 Å². The quantitative estimate of drug-likeness (QED) is 0.163. The van der Waals surface area contributed by atoms with E-state index in [-0.39, 0.29) is 6.29 Å². The van der Waals surface area contributed by atoms with Gasteiger partial charge in [0.2, 0.25) is 0 Å². The molecule has 1 aliphatic heterocycles. The van der Waals surface area contributed by atoms with Crippen LogP contribution in [0.3, 0.4) is 0 Å². The monoisotopic (exact) mass is 653 g/mol. The van der Waals surface area contributed by atoms with Gasteiger partial charge in [-0.1, -0.05) is 19.1 Å². The van der Waals surface area contributed by atoms with E-state index in [0.29, 0.717) is 5.92 Å². The fourth-order valence-electron chi connectivity index (χ4n) is 3.40. The summed E-state index contributed by atoms with van der Waals surface area (Å²) < 4.78 is 10.3. The van der Waals surface area contributed by atoms with Crippen molar-refractivity contribution in [3.63, 3.8) is 0 Å². The van der Waals surface area contributed by atoms with Crippen LogP contribution in [-0.2, 0) is 9.47 Å². The maximum absolute atomic E-state index is 5.17. The fourth-order valence-corrected chi connectivity index (χ4v) is 3.40. The highest BCUT2D eigenvalue weighted by Gasteiger charge is 2.13. The molecule has 0 spiro atoms. The van der Waals surface area contributed by atoms with Crippen LogP contribution in [0.4, 0.5) is 0 Å². The summed E-state index contributed by atoms with van der Waals surface area (Å²) in [5.74, 6) is 1.40. The first kappa shape index (κ1) is 41.6. The second-order valence-electron chi connectivity index (χ2n) is 11.8. The SMILES string of the molecule is CC1COC(C)OC1.Cc1ccc(C)nc1.Cc1cccnc1C.Cc1ccnc(C)c1.Cc1cnc(C)cn1.Cc1cnc(C)nc1. The summed E-state index contributed by atoms with van der Waals surface area (Å²) in [4.78, 5) is 28.2. The van der Waals surface area contributed by atoms with Crippen molar-refractivity contribution in [1.82, 2.24) is 34.9 Å². The number of aryl methyl sites for hydroxylation is 10. The van der Waals surface area contributed by atoms with Crippen molar-refractivity contribution >= 4 is 0 Å². The Morgan fingerprint density at radius 2 is 1.06 bits per heavy atom. The summed E-state index contributed by atoms with van der Waals surface area (Å²) >= 11 is 0. The predicted molar refractivity (Wildman–Crippen MR) is 195 cm³/mol. The van der Waals surface area contributed by atoms with Gasteiger partial charge in [-0.2, -0.15) is 0 Å². The Balaban J connectivity index is 0.000000288. The molecule has 0 N–H and O–H groups in total. The molecule has 5 aromatic rings. The highest BCUT2D eigenvalue weighted by atomic mass is 16.7. The van der Waals surface area contributed by atoms with Crippen molar-refractivity contribution in [3.05, 3.63) is 136 Å². The third-order valence-electron chi connectivity index (χ3n) is 6.43. The van der Waals surface area contributed by atoms with Gasteiger partial charge in [-0.25, -0.2) is 9.97 Å². The topological polar surface area (TPSA) is 109 Å². The molecule has 6 heterocycles. The highest BCUT2D eigenvalue weighted by molar-refractivity contribution is 5.15. The first-order chi connectivity index (χ1) is 22.7. The van der Waals surface area contributed by atoms with Gasteiger partial charge >= 0.3 is 0 Å². The van der Waals surface area contributed by atoms with Gasteiger partial charge in [0.1, 0.15) is 5.82 Å². The molecule has 1 aliphatic rings. The van der Waals surface area contributed by atoms with Gasteiger partial charge in [-0.15, -0.1) is 0 Å². The second kappa shape index (κ2) is 23.8. The Morgan fingerprint density at radius 3 is 1.42 bits per heavy atom. The first-order valence-electron chi connectivity index (χ1n) is 16.2. The zero-order valence-electron chi connectivity index (χ0n) is 31.0. The lowest BCUT2D eigenvalue weighted by atomic mass is 10.2. The highest BCUT2D eigenvalue weighted by Crippen LogP contribution is 2.08. The van der Waals surface area contributed by atoms with Crippen molar-refractivity contribution in [2.75, 3.05) is 13.2 Å². The van der Waals surface area contributed by atoms with Crippen LogP contribution in [0.1, 0.15) is 70.4 Å². The number of hydrogen-bond donors (Lipinski definition) is 0. The maximum atomic E-state index is 5.17. The summed E-state index contributed by atoms with van der Waals surface area (Å²) in [5, 5.41) is 0. The van der Waals surface area contributed by atoms with Crippen molar-refractivity contribution < 1.29 is 9.47 Å². The number of rotatable bonds is 0. The lowest BCUT2D eigenvalue weighted by Gasteiger charge is -2.24. The van der Waals surface area contributed by atoms with E-state index in [0.717, 1.165) is 53.1 Å². The molecule has 5 aromatic heterocycles. The molecule has 0 aromatic carbocycles. The molecule has 258 valence electrons. The number of hydrogen-bond acceptors (Lipinski definition) is 9. The van der Waals surface area contributed by atoms with Crippen LogP contribution in [0.15, 0.2) is 79.8 Å². The smallest absolute Gasteiger partial charge is 0.154 e. The Morgan fingerprint density at radius 1 is 0.500 bits per heavy atom. The van der Waals surface area contributed by atoms with Crippen LogP contribution in [0.25, 0.3) is 0 Å². The van der Waals surface area contributed by atoms with Crippen molar-refractivity contribution in [3.8, 4) is 0 Å². The average Bonchev–Trinajstić information content (AvgIpc) is 3.06. The molecule has 9 heteroatoms. The minimum absolute atomic E-state index is 0.0196. The summed E-state index contributed by atoms with van der Waals surface area (Å²) in [7, 11) is 0. The summed E-state index contributed by atoms with van der Waals surface area (Å²) in [5.41, 5.74) is 10.1. The molecule has 0 saturated carbocycles. The van der Waals surface area contributed by atoms with Crippen molar-refractivity contribution in [2.45, 2.75) is 89.4 Å². The van der Waals surface area contributed by atoms with Crippen LogP contribution >= 0.6 is 0 Å². The number of ether oxygens (including phenoxy) is 2. The molecular formula is C39H55N7O2. The summed E-state index contributed by atoms with van der Waals surface area (Å²) in [6.45, 7) is 25.6. The molecule has 48 heavy (non-hydrogen) atoms. The van der Waals surface area contributed by atoms with E-state index in [1.165, 1.54) is 16.7 Å². The van der Waals surface area contributed by atoms with Crippen molar-refractivity contribution in [1.29, 1.82) is 0 Å². The Hall–Kier alpha value is -4.47. The molecular weight excluding hydrogens is 598 g/mol. The average molecular weight is 654 g/mol. The van der Waals surface area contributed by atoms with Gasteiger partial charge in [-0.05, 0) is 123 Å². The molecule has 9 nitrogen and oxygen atoms in total. The maximum Gasteiger partial charge on any atom is 0.154 e. The predicted octanol–water partition coefficient (Wildman–Crippen LogP) is 8.30. The normalized spacial score (nSPS) is 14.3. The van der Waals surface area contributed by atoms with Crippen molar-refractivity contribution in [2.24, 2.45) is 5.92 Å². The van der Waals surface area contributed by atoms with Gasteiger partial charge in [0.05, 0.1) is 24.6 Å². The lowest BCUT2D eigenvalue weighted by Crippen LogP contribution is -2.27. The molecule has 0 aliphatic carbocycles. The molecule has 0 radical (unpaired) electrons. The van der Waals surface area contributed by atoms with E-state index >= 15 is 0 Å².